The summed E-state index contributed by atoms with van der Waals surface area (Å²) in [7, 11) is 1.49. The normalized spacial score (nSPS) is 24.8. The van der Waals surface area contributed by atoms with E-state index in [1.807, 2.05) is 20.8 Å². The SMILES string of the molecule is COC1=C(C)C(O)C(C/C=C(\C)CC/C=C(\C)CCCC(C)(C)O)C(C)C1=O. The molecular weight excluding hydrogens is 352 g/mol. The summed E-state index contributed by atoms with van der Waals surface area (Å²) < 4.78 is 5.19. The number of aliphatic hydroxyl groups excluding tert-OH is 1. The molecule has 0 spiro atoms. The molecule has 1 rings (SSSR count). The lowest BCUT2D eigenvalue weighted by atomic mass is 9.75. The number of aliphatic hydroxyl groups is 2. The minimum atomic E-state index is -0.635. The van der Waals surface area contributed by atoms with Crippen molar-refractivity contribution < 1.29 is 19.7 Å². The fourth-order valence-electron chi connectivity index (χ4n) is 3.81. The van der Waals surface area contributed by atoms with Gasteiger partial charge in [-0.3, -0.25) is 4.79 Å². The average molecular weight is 393 g/mol. The number of carbonyl (C=O) groups excluding carboxylic acids is 1. The number of Topliss-reactive ketones (excluding diaryl/α,β-unsaturated/α-hetero) is 1. The first-order chi connectivity index (χ1) is 13.0. The van der Waals surface area contributed by atoms with Crippen molar-refractivity contribution in [2.75, 3.05) is 7.11 Å². The highest BCUT2D eigenvalue weighted by atomic mass is 16.5. The highest BCUT2D eigenvalue weighted by molar-refractivity contribution is 5.97. The predicted molar refractivity (Wildman–Crippen MR) is 115 cm³/mol. The van der Waals surface area contributed by atoms with Gasteiger partial charge in [-0.1, -0.05) is 30.2 Å². The van der Waals surface area contributed by atoms with E-state index in [0.29, 0.717) is 17.8 Å². The Labute approximate surface area is 171 Å². The van der Waals surface area contributed by atoms with Crippen LogP contribution in [0.1, 0.15) is 80.1 Å². The third kappa shape index (κ3) is 7.56. The fraction of sp³-hybridized carbons (Fsp3) is 0.708. The third-order valence-electron chi connectivity index (χ3n) is 5.82. The van der Waals surface area contributed by atoms with Crippen LogP contribution in [0, 0.1) is 11.8 Å². The van der Waals surface area contributed by atoms with E-state index in [1.165, 1.54) is 18.3 Å². The molecule has 0 radical (unpaired) electrons. The number of ketones is 1. The van der Waals surface area contributed by atoms with Crippen molar-refractivity contribution >= 4 is 5.78 Å². The Hall–Kier alpha value is -1.39. The van der Waals surface area contributed by atoms with Crippen LogP contribution in [0.2, 0.25) is 0 Å². The lowest BCUT2D eigenvalue weighted by Crippen LogP contribution is -2.38. The van der Waals surface area contributed by atoms with E-state index in [2.05, 4.69) is 26.0 Å². The van der Waals surface area contributed by atoms with Gasteiger partial charge in [0.25, 0.3) is 0 Å². The van der Waals surface area contributed by atoms with Gasteiger partial charge in [-0.25, -0.2) is 0 Å². The van der Waals surface area contributed by atoms with Crippen molar-refractivity contribution in [2.45, 2.75) is 91.8 Å². The number of allylic oxidation sites excluding steroid dienone is 5. The molecule has 0 saturated carbocycles. The molecule has 0 heterocycles. The zero-order valence-electron chi connectivity index (χ0n) is 18.8. The number of hydrogen-bond acceptors (Lipinski definition) is 4. The highest BCUT2D eigenvalue weighted by Gasteiger charge is 2.39. The zero-order chi connectivity index (χ0) is 21.5. The topological polar surface area (TPSA) is 66.8 Å². The van der Waals surface area contributed by atoms with Crippen molar-refractivity contribution in [1.82, 2.24) is 0 Å². The molecule has 4 heteroatoms. The largest absolute Gasteiger partial charge is 0.493 e. The fourth-order valence-corrected chi connectivity index (χ4v) is 3.81. The Morgan fingerprint density at radius 3 is 2.36 bits per heavy atom. The standard InChI is InChI=1S/C24H40O4/c1-16(12-9-15-24(5,6)27)10-8-11-17(2)13-14-20-18(3)22(26)23(28-7)19(4)21(20)25/h10,13,18,20-21,25,27H,8-9,11-12,14-15H2,1-7H3/b16-10+,17-13+. The van der Waals surface area contributed by atoms with Gasteiger partial charge in [-0.05, 0) is 73.1 Å². The van der Waals surface area contributed by atoms with Gasteiger partial charge in [0.05, 0.1) is 18.8 Å². The summed E-state index contributed by atoms with van der Waals surface area (Å²) in [6, 6.07) is 0. The van der Waals surface area contributed by atoms with E-state index in [-0.39, 0.29) is 17.6 Å². The quantitative estimate of drug-likeness (QED) is 0.507. The second-order valence-corrected chi connectivity index (χ2v) is 9.02. The maximum Gasteiger partial charge on any atom is 0.200 e. The lowest BCUT2D eigenvalue weighted by molar-refractivity contribution is -0.126. The summed E-state index contributed by atoms with van der Waals surface area (Å²) >= 11 is 0. The zero-order valence-corrected chi connectivity index (χ0v) is 18.8. The van der Waals surface area contributed by atoms with E-state index in [1.54, 1.807) is 6.92 Å². The monoisotopic (exact) mass is 392 g/mol. The minimum absolute atomic E-state index is 0.00836. The summed E-state index contributed by atoms with van der Waals surface area (Å²) in [6.07, 6.45) is 9.32. The summed E-state index contributed by atoms with van der Waals surface area (Å²) in [5, 5.41) is 20.4. The maximum absolute atomic E-state index is 12.4. The molecule has 0 aromatic rings. The molecule has 3 unspecified atom stereocenters. The van der Waals surface area contributed by atoms with Crippen LogP contribution < -0.4 is 0 Å². The van der Waals surface area contributed by atoms with Gasteiger partial charge in [-0.2, -0.15) is 0 Å². The molecule has 28 heavy (non-hydrogen) atoms. The average Bonchev–Trinajstić information content (AvgIpc) is 2.59. The van der Waals surface area contributed by atoms with Gasteiger partial charge >= 0.3 is 0 Å². The Balaban J connectivity index is 2.53. The molecule has 0 fully saturated rings. The van der Waals surface area contributed by atoms with Gasteiger partial charge in [0.2, 0.25) is 5.78 Å². The molecule has 2 N–H and O–H groups in total. The van der Waals surface area contributed by atoms with Gasteiger partial charge in [0, 0.05) is 17.4 Å². The summed E-state index contributed by atoms with van der Waals surface area (Å²) in [4.78, 5) is 12.4. The summed E-state index contributed by atoms with van der Waals surface area (Å²) in [6.45, 7) is 11.6. The third-order valence-corrected chi connectivity index (χ3v) is 5.82. The van der Waals surface area contributed by atoms with Gasteiger partial charge < -0.3 is 14.9 Å². The molecule has 1 aliphatic rings. The number of hydrogen-bond donors (Lipinski definition) is 2. The van der Waals surface area contributed by atoms with Crippen LogP contribution in [0.25, 0.3) is 0 Å². The highest BCUT2D eigenvalue weighted by Crippen LogP contribution is 2.34. The van der Waals surface area contributed by atoms with Crippen LogP contribution in [0.15, 0.2) is 34.6 Å². The molecule has 1 aliphatic carbocycles. The Bertz CT molecular complexity index is 619. The van der Waals surface area contributed by atoms with Crippen molar-refractivity contribution in [3.8, 4) is 0 Å². The van der Waals surface area contributed by atoms with Crippen LogP contribution in [0.3, 0.4) is 0 Å². The Morgan fingerprint density at radius 1 is 1.18 bits per heavy atom. The Kier molecular flexibility index (Phi) is 9.65. The number of carbonyl (C=O) groups is 1. The molecular formula is C24H40O4. The van der Waals surface area contributed by atoms with Gasteiger partial charge in [0.1, 0.15) is 0 Å². The second kappa shape index (κ2) is 11.0. The molecule has 0 saturated heterocycles. The first kappa shape index (κ1) is 24.6. The summed E-state index contributed by atoms with van der Waals surface area (Å²) in [5.74, 6) is -0.0239. The maximum atomic E-state index is 12.4. The molecule has 0 aromatic carbocycles. The predicted octanol–water partition coefficient (Wildman–Crippen LogP) is 5.11. The molecule has 0 aromatic heterocycles. The Morgan fingerprint density at radius 2 is 1.79 bits per heavy atom. The first-order valence-corrected chi connectivity index (χ1v) is 10.5. The van der Waals surface area contributed by atoms with Crippen molar-refractivity contribution in [3.63, 3.8) is 0 Å². The first-order valence-electron chi connectivity index (χ1n) is 10.5. The van der Waals surface area contributed by atoms with Crippen molar-refractivity contribution in [1.29, 1.82) is 0 Å². The number of ether oxygens (including phenoxy) is 1. The van der Waals surface area contributed by atoms with Crippen LogP contribution >= 0.6 is 0 Å². The van der Waals surface area contributed by atoms with Gasteiger partial charge in [-0.15, -0.1) is 0 Å². The van der Waals surface area contributed by atoms with Crippen LogP contribution in [-0.4, -0.2) is 34.8 Å². The lowest BCUT2D eigenvalue weighted by Gasteiger charge is -2.33. The minimum Gasteiger partial charge on any atom is -0.493 e. The second-order valence-electron chi connectivity index (χ2n) is 9.02. The van der Waals surface area contributed by atoms with Crippen LogP contribution in [0.4, 0.5) is 0 Å². The molecule has 0 aliphatic heterocycles. The molecule has 0 bridgehead atoms. The molecule has 4 nitrogen and oxygen atoms in total. The van der Waals surface area contributed by atoms with Crippen LogP contribution in [-0.2, 0) is 9.53 Å². The smallest absolute Gasteiger partial charge is 0.200 e. The van der Waals surface area contributed by atoms with Crippen LogP contribution in [0.5, 0.6) is 0 Å². The van der Waals surface area contributed by atoms with E-state index in [9.17, 15) is 15.0 Å². The van der Waals surface area contributed by atoms with E-state index in [4.69, 9.17) is 4.74 Å². The van der Waals surface area contributed by atoms with Gasteiger partial charge in [0.15, 0.2) is 5.76 Å². The van der Waals surface area contributed by atoms with E-state index >= 15 is 0 Å². The molecule has 160 valence electrons. The van der Waals surface area contributed by atoms with Crippen molar-refractivity contribution in [3.05, 3.63) is 34.6 Å². The van der Waals surface area contributed by atoms with Crippen molar-refractivity contribution in [2.24, 2.45) is 11.8 Å². The molecule has 0 amide bonds. The number of rotatable bonds is 10. The number of methoxy groups -OCH3 is 1. The summed E-state index contributed by atoms with van der Waals surface area (Å²) in [5.41, 5.74) is 2.71. The van der Waals surface area contributed by atoms with E-state index in [0.717, 1.165) is 32.1 Å². The molecule has 3 atom stereocenters. The van der Waals surface area contributed by atoms with E-state index < -0.39 is 11.7 Å².